The molecule has 2 aliphatic heterocycles. The van der Waals surface area contributed by atoms with Crippen molar-refractivity contribution in [2.75, 3.05) is 25.1 Å². The first kappa shape index (κ1) is 21.8. The number of fused-ring (bicyclic) bond motifs is 3. The van der Waals surface area contributed by atoms with Gasteiger partial charge in [-0.2, -0.15) is 9.97 Å². The van der Waals surface area contributed by atoms with E-state index in [1.54, 1.807) is 7.11 Å². The number of methoxy groups -OCH3 is 1. The zero-order valence-electron chi connectivity index (χ0n) is 19.0. The molecule has 2 saturated heterocycles. The molecule has 1 amide bonds. The number of benzene rings is 1. The second-order valence-electron chi connectivity index (χ2n) is 9.40. The number of piperazine rings is 1. The summed E-state index contributed by atoms with van der Waals surface area (Å²) in [6.45, 7) is 6.87. The van der Waals surface area contributed by atoms with Gasteiger partial charge in [0, 0.05) is 18.7 Å². The van der Waals surface area contributed by atoms with Crippen molar-refractivity contribution in [2.45, 2.75) is 51.3 Å². The number of nitrogens with zero attached hydrogens (tertiary/aromatic N) is 5. The number of ether oxygens (including phenoxy) is 2. The Balaban J connectivity index is 1.46. The third-order valence-electron chi connectivity index (χ3n) is 5.92. The van der Waals surface area contributed by atoms with Gasteiger partial charge in [0.2, 0.25) is 11.2 Å². The maximum atomic E-state index is 12.8. The summed E-state index contributed by atoms with van der Waals surface area (Å²) in [7, 11) is 1.61. The van der Waals surface area contributed by atoms with E-state index < -0.39 is 5.60 Å². The molecule has 2 bridgehead atoms. The predicted octanol–water partition coefficient (Wildman–Crippen LogP) is 4.53. The van der Waals surface area contributed by atoms with E-state index in [0.29, 0.717) is 41.8 Å². The first-order valence-electron chi connectivity index (χ1n) is 11.0. The van der Waals surface area contributed by atoms with E-state index in [1.807, 2.05) is 49.9 Å². The molecule has 0 radical (unpaired) electrons. The highest BCUT2D eigenvalue weighted by molar-refractivity contribution is 6.28. The van der Waals surface area contributed by atoms with Crippen LogP contribution in [0.15, 0.2) is 28.7 Å². The molecule has 3 aromatic rings. The van der Waals surface area contributed by atoms with Gasteiger partial charge in [0.15, 0.2) is 11.3 Å². The van der Waals surface area contributed by atoms with Crippen LogP contribution >= 0.6 is 11.6 Å². The molecule has 9 nitrogen and oxygen atoms in total. The quantitative estimate of drug-likeness (QED) is 0.514. The van der Waals surface area contributed by atoms with Gasteiger partial charge in [0.05, 0.1) is 19.2 Å². The first-order chi connectivity index (χ1) is 15.7. The second kappa shape index (κ2) is 8.06. The first-order valence-corrected chi connectivity index (χ1v) is 11.3. The van der Waals surface area contributed by atoms with E-state index in [0.717, 1.165) is 18.4 Å². The summed E-state index contributed by atoms with van der Waals surface area (Å²) in [6, 6.07) is 7.53. The highest BCUT2D eigenvalue weighted by Crippen LogP contribution is 2.37. The average molecular weight is 472 g/mol. The molecule has 1 aromatic carbocycles. The van der Waals surface area contributed by atoms with Crippen LogP contribution in [0.3, 0.4) is 0 Å². The molecule has 2 aliphatic rings. The Kier molecular flexibility index (Phi) is 5.31. The third kappa shape index (κ3) is 4.17. The maximum Gasteiger partial charge on any atom is 0.410 e. The molecule has 0 saturated carbocycles. The number of carbonyl (C=O) groups is 1. The van der Waals surface area contributed by atoms with Gasteiger partial charge in [0.1, 0.15) is 11.4 Å². The predicted molar refractivity (Wildman–Crippen MR) is 124 cm³/mol. The van der Waals surface area contributed by atoms with Crippen LogP contribution in [0.2, 0.25) is 5.28 Å². The molecular weight excluding hydrogens is 446 g/mol. The zero-order chi connectivity index (χ0) is 23.3. The zero-order valence-corrected chi connectivity index (χ0v) is 19.8. The molecule has 33 heavy (non-hydrogen) atoms. The molecule has 0 N–H and O–H groups in total. The lowest BCUT2D eigenvalue weighted by Gasteiger charge is -2.41. The van der Waals surface area contributed by atoms with Crippen molar-refractivity contribution in [1.82, 2.24) is 19.9 Å². The van der Waals surface area contributed by atoms with Crippen molar-refractivity contribution in [1.29, 1.82) is 0 Å². The minimum atomic E-state index is -0.531. The normalized spacial score (nSPS) is 20.4. The fourth-order valence-corrected chi connectivity index (χ4v) is 4.73. The lowest BCUT2D eigenvalue weighted by Crippen LogP contribution is -2.57. The van der Waals surface area contributed by atoms with E-state index in [4.69, 9.17) is 30.5 Å². The maximum absolute atomic E-state index is 12.8. The Morgan fingerprint density at radius 1 is 1.15 bits per heavy atom. The average Bonchev–Trinajstić information content (AvgIpc) is 3.30. The molecule has 174 valence electrons. The Morgan fingerprint density at radius 2 is 1.88 bits per heavy atom. The van der Waals surface area contributed by atoms with Crippen LogP contribution < -0.4 is 9.64 Å². The highest BCUT2D eigenvalue weighted by atomic mass is 35.5. The lowest BCUT2D eigenvalue weighted by molar-refractivity contribution is 0.0123. The van der Waals surface area contributed by atoms with E-state index in [1.165, 1.54) is 0 Å². The third-order valence-corrected chi connectivity index (χ3v) is 6.08. The summed E-state index contributed by atoms with van der Waals surface area (Å²) in [5, 5.41) is 0.0905. The summed E-state index contributed by atoms with van der Waals surface area (Å²) in [6.07, 6.45) is 1.56. The minimum Gasteiger partial charge on any atom is -0.497 e. The summed E-state index contributed by atoms with van der Waals surface area (Å²) >= 11 is 6.24. The number of oxazole rings is 1. The van der Waals surface area contributed by atoms with Crippen LogP contribution in [-0.4, -0.2) is 63.8 Å². The summed E-state index contributed by atoms with van der Waals surface area (Å²) in [5.74, 6) is 1.73. The van der Waals surface area contributed by atoms with Crippen LogP contribution in [-0.2, 0) is 4.74 Å². The number of aromatic nitrogens is 3. The summed E-state index contributed by atoms with van der Waals surface area (Å²) < 4.78 is 16.9. The smallest absolute Gasteiger partial charge is 0.410 e. The highest BCUT2D eigenvalue weighted by Gasteiger charge is 2.45. The van der Waals surface area contributed by atoms with Gasteiger partial charge < -0.3 is 18.8 Å². The van der Waals surface area contributed by atoms with Crippen LogP contribution in [0.25, 0.3) is 22.7 Å². The van der Waals surface area contributed by atoms with E-state index in [9.17, 15) is 4.79 Å². The van der Waals surface area contributed by atoms with E-state index in [2.05, 4.69) is 14.9 Å². The molecule has 0 aliphatic carbocycles. The Morgan fingerprint density at radius 3 is 2.55 bits per heavy atom. The van der Waals surface area contributed by atoms with E-state index >= 15 is 0 Å². The van der Waals surface area contributed by atoms with Gasteiger partial charge in [-0.05, 0) is 63.4 Å². The molecular formula is C23H26ClN5O4. The van der Waals surface area contributed by atoms with Gasteiger partial charge in [0.25, 0.3) is 5.71 Å². The number of rotatable bonds is 3. The van der Waals surface area contributed by atoms with Crippen molar-refractivity contribution >= 4 is 34.7 Å². The molecule has 2 fully saturated rings. The SMILES string of the molecule is COc1cccc(-c2nc3c(N4C[C@H]5CC[C@@H](C4)N5C(=O)OC(C)(C)C)nc(Cl)nc3o2)c1. The molecule has 2 atom stereocenters. The largest absolute Gasteiger partial charge is 0.497 e. The van der Waals surface area contributed by atoms with Crippen molar-refractivity contribution in [3.05, 3.63) is 29.5 Å². The standard InChI is InChI=1S/C23H26ClN5O4/c1-23(2,3)33-22(30)29-14-8-9-15(29)12-28(11-14)18-17-20(27-21(24)26-18)32-19(25-17)13-6-5-7-16(10-13)31-4/h5-7,10,14-15H,8-9,11-12H2,1-4H3/t14-,15+. The topological polar surface area (TPSA) is 93.8 Å². The van der Waals surface area contributed by atoms with Crippen LogP contribution in [0, 0.1) is 0 Å². The number of halogens is 1. The van der Waals surface area contributed by atoms with Crippen LogP contribution in [0.1, 0.15) is 33.6 Å². The molecule has 5 rings (SSSR count). The molecule has 10 heteroatoms. The molecule has 0 unspecified atom stereocenters. The van der Waals surface area contributed by atoms with Gasteiger partial charge in [-0.1, -0.05) is 6.07 Å². The lowest BCUT2D eigenvalue weighted by atomic mass is 10.2. The van der Waals surface area contributed by atoms with Crippen molar-refractivity contribution in [3.8, 4) is 17.2 Å². The van der Waals surface area contributed by atoms with Crippen LogP contribution in [0.5, 0.6) is 5.75 Å². The second-order valence-corrected chi connectivity index (χ2v) is 9.74. The molecule has 4 heterocycles. The summed E-state index contributed by atoms with van der Waals surface area (Å²) in [5.41, 5.74) is 1.10. The van der Waals surface area contributed by atoms with Gasteiger partial charge in [-0.25, -0.2) is 9.78 Å². The van der Waals surface area contributed by atoms with Gasteiger partial charge in [-0.3, -0.25) is 4.90 Å². The number of hydrogen-bond acceptors (Lipinski definition) is 8. The Hall–Kier alpha value is -3.07. The van der Waals surface area contributed by atoms with E-state index in [-0.39, 0.29) is 23.5 Å². The van der Waals surface area contributed by atoms with Gasteiger partial charge >= 0.3 is 6.09 Å². The number of hydrogen-bond donors (Lipinski definition) is 0. The fourth-order valence-electron chi connectivity index (χ4n) is 4.57. The van der Waals surface area contributed by atoms with Crippen molar-refractivity contribution in [2.24, 2.45) is 0 Å². The minimum absolute atomic E-state index is 0.0344. The van der Waals surface area contributed by atoms with Crippen molar-refractivity contribution < 1.29 is 18.7 Å². The van der Waals surface area contributed by atoms with Crippen molar-refractivity contribution in [3.63, 3.8) is 0 Å². The number of anilines is 1. The number of amides is 1. The summed E-state index contributed by atoms with van der Waals surface area (Å²) in [4.78, 5) is 30.2. The Bertz CT molecular complexity index is 1190. The monoisotopic (exact) mass is 471 g/mol. The Labute approximate surface area is 196 Å². The van der Waals surface area contributed by atoms with Crippen LogP contribution in [0.4, 0.5) is 10.6 Å². The number of carbonyl (C=O) groups excluding carboxylic acids is 1. The molecule has 0 spiro atoms. The molecule has 2 aromatic heterocycles. The fraction of sp³-hybridized carbons (Fsp3) is 0.478. The van der Waals surface area contributed by atoms with Gasteiger partial charge in [-0.15, -0.1) is 0 Å².